The number of nitrogens with one attached hydrogen (secondary N) is 2. The highest BCUT2D eigenvalue weighted by Crippen LogP contribution is 2.34. The van der Waals surface area contributed by atoms with Gasteiger partial charge in [-0.25, -0.2) is 0 Å². The van der Waals surface area contributed by atoms with Gasteiger partial charge in [-0.15, -0.1) is 0 Å². The molecule has 0 saturated heterocycles. The second kappa shape index (κ2) is 11.5. The van der Waals surface area contributed by atoms with E-state index in [4.69, 9.17) is 32.7 Å². The SMILES string of the molecule is CCOc1cc(CNc2ccc(Cl)c(Cl)c2)c(Br)cc1OCC(=O)Nc1ccc(C)cc1. The average molecular weight is 538 g/mol. The first-order valence-electron chi connectivity index (χ1n) is 9.99. The van der Waals surface area contributed by atoms with E-state index in [-0.39, 0.29) is 12.5 Å². The Hall–Kier alpha value is -2.41. The number of ether oxygens (including phenoxy) is 2. The molecule has 3 aromatic carbocycles. The molecule has 0 heterocycles. The van der Waals surface area contributed by atoms with Crippen molar-refractivity contribution in [2.45, 2.75) is 20.4 Å². The minimum Gasteiger partial charge on any atom is -0.490 e. The smallest absolute Gasteiger partial charge is 0.262 e. The molecule has 0 bridgehead atoms. The molecule has 0 unspecified atom stereocenters. The number of rotatable bonds is 9. The molecule has 0 aliphatic heterocycles. The zero-order valence-corrected chi connectivity index (χ0v) is 20.8. The maximum absolute atomic E-state index is 12.3. The lowest BCUT2D eigenvalue weighted by Gasteiger charge is -2.16. The van der Waals surface area contributed by atoms with Crippen LogP contribution in [-0.2, 0) is 11.3 Å². The monoisotopic (exact) mass is 536 g/mol. The number of carbonyl (C=O) groups excluding carboxylic acids is 1. The summed E-state index contributed by atoms with van der Waals surface area (Å²) < 4.78 is 12.3. The van der Waals surface area contributed by atoms with E-state index in [0.717, 1.165) is 27.0 Å². The van der Waals surface area contributed by atoms with Gasteiger partial charge in [0.05, 0.1) is 16.7 Å². The standard InChI is InChI=1S/C24H23BrCl2N2O3/c1-3-31-22-10-16(13-28-18-8-9-20(26)21(27)11-18)19(25)12-23(22)32-14-24(30)29-17-6-4-15(2)5-7-17/h4-12,28H,3,13-14H2,1-2H3,(H,29,30). The van der Waals surface area contributed by atoms with E-state index in [1.807, 2.05) is 50.2 Å². The second-order valence-electron chi connectivity index (χ2n) is 7.01. The number of carbonyl (C=O) groups is 1. The molecule has 3 aromatic rings. The van der Waals surface area contributed by atoms with Crippen molar-refractivity contribution < 1.29 is 14.3 Å². The molecular formula is C24H23BrCl2N2O3. The predicted octanol–water partition coefficient (Wildman–Crippen LogP) is 7.09. The van der Waals surface area contributed by atoms with Crippen molar-refractivity contribution in [3.63, 3.8) is 0 Å². The zero-order valence-electron chi connectivity index (χ0n) is 17.7. The van der Waals surface area contributed by atoms with Gasteiger partial charge in [0.15, 0.2) is 18.1 Å². The zero-order chi connectivity index (χ0) is 23.1. The average Bonchev–Trinajstić information content (AvgIpc) is 2.77. The van der Waals surface area contributed by atoms with Crippen LogP contribution in [-0.4, -0.2) is 19.1 Å². The first kappa shape index (κ1) is 24.2. The van der Waals surface area contributed by atoms with Crippen LogP contribution in [0.15, 0.2) is 59.1 Å². The van der Waals surface area contributed by atoms with E-state index in [2.05, 4.69) is 26.6 Å². The lowest BCUT2D eigenvalue weighted by molar-refractivity contribution is -0.118. The van der Waals surface area contributed by atoms with Crippen molar-refractivity contribution in [3.8, 4) is 11.5 Å². The highest BCUT2D eigenvalue weighted by Gasteiger charge is 2.13. The molecule has 0 saturated carbocycles. The summed E-state index contributed by atoms with van der Waals surface area (Å²) in [5.41, 5.74) is 3.65. The van der Waals surface area contributed by atoms with Crippen molar-refractivity contribution in [3.05, 3.63) is 80.2 Å². The third-order valence-corrected chi connectivity index (χ3v) is 5.99. The Bertz CT molecular complexity index is 1090. The number of halogens is 3. The van der Waals surface area contributed by atoms with Crippen LogP contribution in [0, 0.1) is 6.92 Å². The number of hydrogen-bond donors (Lipinski definition) is 2. The Balaban J connectivity index is 1.66. The molecule has 5 nitrogen and oxygen atoms in total. The van der Waals surface area contributed by atoms with Crippen molar-refractivity contribution in [2.24, 2.45) is 0 Å². The van der Waals surface area contributed by atoms with Crippen LogP contribution >= 0.6 is 39.1 Å². The molecule has 2 N–H and O–H groups in total. The Labute approximate surface area is 206 Å². The summed E-state index contributed by atoms with van der Waals surface area (Å²) in [6.07, 6.45) is 0. The van der Waals surface area contributed by atoms with E-state index < -0.39 is 0 Å². The lowest BCUT2D eigenvalue weighted by Crippen LogP contribution is -2.20. The van der Waals surface area contributed by atoms with Crippen LogP contribution in [0.1, 0.15) is 18.1 Å². The number of benzene rings is 3. The van der Waals surface area contributed by atoms with E-state index in [1.165, 1.54) is 0 Å². The Morgan fingerprint density at radius 2 is 1.62 bits per heavy atom. The Morgan fingerprint density at radius 1 is 0.938 bits per heavy atom. The molecule has 8 heteroatoms. The van der Waals surface area contributed by atoms with Crippen LogP contribution in [0.4, 0.5) is 11.4 Å². The van der Waals surface area contributed by atoms with Crippen LogP contribution in [0.3, 0.4) is 0 Å². The van der Waals surface area contributed by atoms with Crippen molar-refractivity contribution >= 4 is 56.4 Å². The fourth-order valence-electron chi connectivity index (χ4n) is 2.87. The highest BCUT2D eigenvalue weighted by molar-refractivity contribution is 9.10. The minimum atomic E-state index is -0.252. The molecule has 0 aliphatic carbocycles. The molecule has 32 heavy (non-hydrogen) atoms. The minimum absolute atomic E-state index is 0.138. The highest BCUT2D eigenvalue weighted by atomic mass is 79.9. The van der Waals surface area contributed by atoms with E-state index in [9.17, 15) is 4.79 Å². The molecule has 0 aliphatic rings. The largest absolute Gasteiger partial charge is 0.490 e. The fraction of sp³-hybridized carbons (Fsp3) is 0.208. The first-order valence-corrected chi connectivity index (χ1v) is 11.5. The van der Waals surface area contributed by atoms with E-state index in [1.54, 1.807) is 18.2 Å². The normalized spacial score (nSPS) is 10.5. The Kier molecular flexibility index (Phi) is 8.67. The van der Waals surface area contributed by atoms with Gasteiger partial charge in [0.2, 0.25) is 0 Å². The van der Waals surface area contributed by atoms with Crippen LogP contribution in [0.2, 0.25) is 10.0 Å². The van der Waals surface area contributed by atoms with Crippen LogP contribution in [0.25, 0.3) is 0 Å². The molecule has 168 valence electrons. The summed E-state index contributed by atoms with van der Waals surface area (Å²) in [6, 6.07) is 16.6. The van der Waals surface area contributed by atoms with Gasteiger partial charge in [-0.1, -0.05) is 56.8 Å². The van der Waals surface area contributed by atoms with Gasteiger partial charge in [0.25, 0.3) is 5.91 Å². The van der Waals surface area contributed by atoms with Gasteiger partial charge < -0.3 is 20.1 Å². The van der Waals surface area contributed by atoms with Gasteiger partial charge in [0.1, 0.15) is 0 Å². The maximum atomic E-state index is 12.3. The van der Waals surface area contributed by atoms with Crippen LogP contribution < -0.4 is 20.1 Å². The van der Waals surface area contributed by atoms with Gasteiger partial charge >= 0.3 is 0 Å². The van der Waals surface area contributed by atoms with Crippen molar-refractivity contribution in [2.75, 3.05) is 23.8 Å². The second-order valence-corrected chi connectivity index (χ2v) is 8.68. The molecule has 0 spiro atoms. The molecule has 0 radical (unpaired) electrons. The number of amides is 1. The summed E-state index contributed by atoms with van der Waals surface area (Å²) >= 11 is 15.6. The first-order chi connectivity index (χ1) is 15.4. The quantitative estimate of drug-likeness (QED) is 0.306. The summed E-state index contributed by atoms with van der Waals surface area (Å²) in [5, 5.41) is 7.11. The summed E-state index contributed by atoms with van der Waals surface area (Å²) in [7, 11) is 0. The summed E-state index contributed by atoms with van der Waals surface area (Å²) in [4.78, 5) is 12.3. The van der Waals surface area contributed by atoms with Gasteiger partial charge in [0, 0.05) is 22.4 Å². The molecule has 3 rings (SSSR count). The summed E-state index contributed by atoms with van der Waals surface area (Å²) in [6.45, 7) is 4.73. The predicted molar refractivity (Wildman–Crippen MR) is 134 cm³/mol. The van der Waals surface area contributed by atoms with Gasteiger partial charge in [-0.05, 0) is 61.9 Å². The van der Waals surface area contributed by atoms with Gasteiger partial charge in [-0.3, -0.25) is 4.79 Å². The molecule has 0 fully saturated rings. The maximum Gasteiger partial charge on any atom is 0.262 e. The number of aryl methyl sites for hydroxylation is 1. The third kappa shape index (κ3) is 6.79. The molecular weight excluding hydrogens is 515 g/mol. The molecule has 0 atom stereocenters. The molecule has 1 amide bonds. The van der Waals surface area contributed by atoms with E-state index in [0.29, 0.717) is 34.7 Å². The third-order valence-electron chi connectivity index (χ3n) is 4.51. The topological polar surface area (TPSA) is 59.6 Å². The Morgan fingerprint density at radius 3 is 2.31 bits per heavy atom. The van der Waals surface area contributed by atoms with Crippen LogP contribution in [0.5, 0.6) is 11.5 Å². The van der Waals surface area contributed by atoms with Gasteiger partial charge in [-0.2, -0.15) is 0 Å². The van der Waals surface area contributed by atoms with E-state index >= 15 is 0 Å². The fourth-order valence-corrected chi connectivity index (χ4v) is 3.64. The summed E-state index contributed by atoms with van der Waals surface area (Å²) in [5.74, 6) is 0.790. The van der Waals surface area contributed by atoms with Crippen molar-refractivity contribution in [1.29, 1.82) is 0 Å². The van der Waals surface area contributed by atoms with Crippen molar-refractivity contribution in [1.82, 2.24) is 0 Å². The lowest BCUT2D eigenvalue weighted by atomic mass is 10.2. The number of anilines is 2. The molecule has 0 aromatic heterocycles. The number of hydrogen-bond acceptors (Lipinski definition) is 4.